The van der Waals surface area contributed by atoms with Crippen molar-refractivity contribution >= 4 is 34.0 Å². The molecule has 0 saturated carbocycles. The lowest BCUT2D eigenvalue weighted by molar-refractivity contribution is 0.102. The van der Waals surface area contributed by atoms with E-state index in [1.54, 1.807) is 33.2 Å². The molecule has 0 radical (unpaired) electrons. The Morgan fingerprint density at radius 1 is 0.950 bits per heavy atom. The summed E-state index contributed by atoms with van der Waals surface area (Å²) in [5, 5.41) is 7.16. The van der Waals surface area contributed by atoms with E-state index in [-0.39, 0.29) is 12.0 Å². The number of nitrogens with one attached hydrogen (secondary N) is 2. The fraction of sp³-hybridized carbons (Fsp3) is 0.379. The fourth-order valence-electron chi connectivity index (χ4n) is 4.61. The lowest BCUT2D eigenvalue weighted by Gasteiger charge is -2.26. The Hall–Kier alpha value is -4.12. The average molecular weight is 570 g/mol. The van der Waals surface area contributed by atoms with Crippen molar-refractivity contribution in [3.63, 3.8) is 0 Å². The molecular weight excluding hydrogens is 534 g/mol. The van der Waals surface area contributed by atoms with Gasteiger partial charge < -0.3 is 39.2 Å². The van der Waals surface area contributed by atoms with Crippen LogP contribution in [-0.2, 0) is 24.2 Å². The zero-order valence-corrected chi connectivity index (χ0v) is 24.2. The summed E-state index contributed by atoms with van der Waals surface area (Å²) in [6.45, 7) is 5.79. The summed E-state index contributed by atoms with van der Waals surface area (Å²) in [6.07, 6.45) is 0.185. The van der Waals surface area contributed by atoms with Gasteiger partial charge in [0.1, 0.15) is 10.8 Å². The molecule has 40 heavy (non-hydrogen) atoms. The minimum atomic E-state index is -0.355. The first-order chi connectivity index (χ1) is 19.4. The number of anilines is 2. The molecule has 0 fully saturated rings. The van der Waals surface area contributed by atoms with Gasteiger partial charge in [-0.25, -0.2) is 4.79 Å². The van der Waals surface area contributed by atoms with Crippen molar-refractivity contribution in [2.75, 3.05) is 51.7 Å². The third-order valence-corrected chi connectivity index (χ3v) is 7.63. The van der Waals surface area contributed by atoms with Gasteiger partial charge in [-0.15, -0.1) is 11.3 Å². The Kier molecular flexibility index (Phi) is 9.60. The Bertz CT molecular complexity index is 1340. The highest BCUT2D eigenvalue weighted by atomic mass is 32.1. The molecule has 3 aromatic rings. The second-order valence-electron chi connectivity index (χ2n) is 8.84. The first kappa shape index (κ1) is 28.9. The lowest BCUT2D eigenvalue weighted by Crippen LogP contribution is -2.36. The van der Waals surface area contributed by atoms with Gasteiger partial charge in [0.25, 0.3) is 5.91 Å². The van der Waals surface area contributed by atoms with Gasteiger partial charge in [-0.05, 0) is 62.2 Å². The molecule has 2 amide bonds. The van der Waals surface area contributed by atoms with E-state index in [2.05, 4.69) is 10.6 Å². The predicted octanol–water partition coefficient (Wildman–Crippen LogP) is 5.55. The minimum Gasteiger partial charge on any atom is -0.494 e. The molecule has 0 atom stereocenters. The van der Waals surface area contributed by atoms with Crippen LogP contribution in [0.3, 0.4) is 0 Å². The van der Waals surface area contributed by atoms with Crippen LogP contribution in [0.1, 0.15) is 40.2 Å². The molecule has 1 aromatic heterocycles. The number of hydrogen-bond donors (Lipinski definition) is 2. The van der Waals surface area contributed by atoms with E-state index in [4.69, 9.17) is 23.7 Å². The zero-order chi connectivity index (χ0) is 28.6. The summed E-state index contributed by atoms with van der Waals surface area (Å²) >= 11 is 1.46. The molecule has 0 aliphatic carbocycles. The van der Waals surface area contributed by atoms with E-state index >= 15 is 0 Å². The Labute approximate surface area is 238 Å². The van der Waals surface area contributed by atoms with E-state index in [9.17, 15) is 9.59 Å². The summed E-state index contributed by atoms with van der Waals surface area (Å²) in [5.41, 5.74) is 2.98. The number of carbonyl (C=O) groups excluding carboxylic acids is 2. The molecule has 2 aromatic carbocycles. The molecule has 10 nitrogen and oxygen atoms in total. The summed E-state index contributed by atoms with van der Waals surface area (Å²) in [5.74, 6) is 2.11. The van der Waals surface area contributed by atoms with Crippen LogP contribution in [0.25, 0.3) is 0 Å². The summed E-state index contributed by atoms with van der Waals surface area (Å²) < 4.78 is 27.3. The van der Waals surface area contributed by atoms with Crippen LogP contribution in [0.4, 0.5) is 15.5 Å². The smallest absolute Gasteiger partial charge is 0.410 e. The minimum absolute atomic E-state index is 0.229. The summed E-state index contributed by atoms with van der Waals surface area (Å²) in [6, 6.07) is 11.0. The third-order valence-electron chi connectivity index (χ3n) is 6.46. The van der Waals surface area contributed by atoms with Crippen LogP contribution in [0.2, 0.25) is 0 Å². The zero-order valence-electron chi connectivity index (χ0n) is 23.4. The van der Waals surface area contributed by atoms with Crippen LogP contribution >= 0.6 is 11.3 Å². The highest BCUT2D eigenvalue weighted by Crippen LogP contribution is 2.42. The van der Waals surface area contributed by atoms with E-state index in [1.165, 1.54) is 11.3 Å². The highest BCUT2D eigenvalue weighted by molar-refractivity contribution is 7.16. The van der Waals surface area contributed by atoms with Crippen molar-refractivity contribution in [3.8, 4) is 23.0 Å². The van der Waals surface area contributed by atoms with Gasteiger partial charge in [0, 0.05) is 29.2 Å². The summed E-state index contributed by atoms with van der Waals surface area (Å²) in [7, 11) is 4.70. The first-order valence-electron chi connectivity index (χ1n) is 13.1. The number of thiophene rings is 1. The maximum Gasteiger partial charge on any atom is 0.410 e. The van der Waals surface area contributed by atoms with Crippen LogP contribution in [0, 0.1) is 0 Å². The number of fused-ring (bicyclic) bond motifs is 1. The molecule has 0 spiro atoms. The van der Waals surface area contributed by atoms with E-state index in [1.807, 2.05) is 43.3 Å². The van der Waals surface area contributed by atoms with Crippen molar-refractivity contribution in [1.29, 1.82) is 0 Å². The van der Waals surface area contributed by atoms with Gasteiger partial charge in [-0.3, -0.25) is 4.79 Å². The molecule has 0 bridgehead atoms. The van der Waals surface area contributed by atoms with Gasteiger partial charge >= 0.3 is 6.09 Å². The topological polar surface area (TPSA) is 108 Å². The number of benzene rings is 2. The van der Waals surface area contributed by atoms with Gasteiger partial charge in [-0.2, -0.15) is 0 Å². The van der Waals surface area contributed by atoms with Gasteiger partial charge in [0.05, 0.1) is 46.7 Å². The molecule has 1 aliphatic rings. The quantitative estimate of drug-likeness (QED) is 0.310. The highest BCUT2D eigenvalue weighted by Gasteiger charge is 2.30. The number of nitrogens with zero attached hydrogens (tertiary/aromatic N) is 1. The second-order valence-corrected chi connectivity index (χ2v) is 9.94. The van der Waals surface area contributed by atoms with Gasteiger partial charge in [0.2, 0.25) is 5.75 Å². The second kappa shape index (κ2) is 13.3. The number of amides is 2. The molecule has 4 rings (SSSR count). The molecule has 2 N–H and O–H groups in total. The van der Waals surface area contributed by atoms with Crippen molar-refractivity contribution in [2.45, 2.75) is 33.4 Å². The van der Waals surface area contributed by atoms with Crippen LogP contribution in [0.15, 0.2) is 36.4 Å². The Morgan fingerprint density at radius 2 is 1.70 bits per heavy atom. The first-order valence-corrected chi connectivity index (χ1v) is 13.9. The van der Waals surface area contributed by atoms with Gasteiger partial charge in [0.15, 0.2) is 11.5 Å². The van der Waals surface area contributed by atoms with Crippen molar-refractivity contribution in [3.05, 3.63) is 58.0 Å². The van der Waals surface area contributed by atoms with Crippen molar-refractivity contribution in [1.82, 2.24) is 4.90 Å². The molecule has 0 saturated heterocycles. The van der Waals surface area contributed by atoms with E-state index < -0.39 is 0 Å². The number of carbonyl (C=O) groups is 2. The van der Waals surface area contributed by atoms with Crippen molar-refractivity contribution < 1.29 is 33.3 Å². The van der Waals surface area contributed by atoms with Crippen LogP contribution < -0.4 is 29.6 Å². The van der Waals surface area contributed by atoms with Crippen molar-refractivity contribution in [2.24, 2.45) is 0 Å². The molecule has 2 heterocycles. The maximum atomic E-state index is 13.7. The average Bonchev–Trinajstić information content (AvgIpc) is 3.34. The predicted molar refractivity (Wildman–Crippen MR) is 154 cm³/mol. The van der Waals surface area contributed by atoms with Crippen LogP contribution in [-0.4, -0.2) is 58.0 Å². The Morgan fingerprint density at radius 3 is 2.35 bits per heavy atom. The molecule has 1 aliphatic heterocycles. The standard InChI is InChI=1S/C29H35N3O7S/c1-6-38-20-11-9-19(10-12-20)31-27(33)24-21-14-15-32(29(34)39-7-2)17-23(21)40-28(24)30-16-18-8-13-22(35-3)26(37-5)25(18)36-4/h8-13,30H,6-7,14-17H2,1-5H3,(H,31,33). The fourth-order valence-corrected chi connectivity index (χ4v) is 5.87. The largest absolute Gasteiger partial charge is 0.494 e. The molecule has 11 heteroatoms. The molecule has 0 unspecified atom stereocenters. The molecule has 214 valence electrons. The lowest BCUT2D eigenvalue weighted by atomic mass is 10.0. The number of rotatable bonds is 11. The normalized spacial score (nSPS) is 12.3. The SMILES string of the molecule is CCOC(=O)N1CCc2c(sc(NCc3ccc(OC)c(OC)c3OC)c2C(=O)Nc2ccc(OCC)cc2)C1. The van der Waals surface area contributed by atoms with Crippen LogP contribution in [0.5, 0.6) is 23.0 Å². The number of hydrogen-bond acceptors (Lipinski definition) is 9. The summed E-state index contributed by atoms with van der Waals surface area (Å²) in [4.78, 5) is 28.7. The Balaban J connectivity index is 1.64. The van der Waals surface area contributed by atoms with E-state index in [0.717, 1.165) is 21.8 Å². The van der Waals surface area contributed by atoms with E-state index in [0.29, 0.717) is 72.8 Å². The monoisotopic (exact) mass is 569 g/mol. The third kappa shape index (κ3) is 6.20. The number of ether oxygens (including phenoxy) is 5. The maximum absolute atomic E-state index is 13.7. The van der Waals surface area contributed by atoms with Gasteiger partial charge in [-0.1, -0.05) is 0 Å². The number of methoxy groups -OCH3 is 3. The molecular formula is C29H35N3O7S.